The number of sulfone groups is 1. The monoisotopic (exact) mass is 418 g/mol. The molecule has 1 fully saturated rings. The Balaban J connectivity index is 1.70. The van der Waals surface area contributed by atoms with Gasteiger partial charge in [0.05, 0.1) is 34.7 Å². The van der Waals surface area contributed by atoms with Crippen molar-refractivity contribution in [2.75, 3.05) is 12.9 Å². The number of nitrogens with zero attached hydrogens (tertiary/aromatic N) is 1. The van der Waals surface area contributed by atoms with Crippen LogP contribution in [0.1, 0.15) is 18.1 Å². The lowest BCUT2D eigenvalue weighted by atomic mass is 9.92. The number of aliphatic hydroxyl groups excluding tert-OH is 3. The summed E-state index contributed by atoms with van der Waals surface area (Å²) in [6, 6.07) is 11.9. The second kappa shape index (κ2) is 7.51. The van der Waals surface area contributed by atoms with Gasteiger partial charge in [0.25, 0.3) is 0 Å². The minimum Gasteiger partial charge on any atom is -0.394 e. The lowest BCUT2D eigenvalue weighted by molar-refractivity contribution is -0.179. The van der Waals surface area contributed by atoms with Gasteiger partial charge in [-0.15, -0.1) is 0 Å². The van der Waals surface area contributed by atoms with Crippen molar-refractivity contribution in [1.29, 1.82) is 0 Å². The molecule has 0 amide bonds. The predicted octanol–water partition coefficient (Wildman–Crippen LogP) is 1.18. The van der Waals surface area contributed by atoms with Gasteiger partial charge in [-0.1, -0.05) is 18.2 Å². The molecule has 4 rings (SSSR count). The van der Waals surface area contributed by atoms with Crippen LogP contribution < -0.4 is 0 Å². The van der Waals surface area contributed by atoms with E-state index in [2.05, 4.69) is 9.97 Å². The number of hydrogen-bond donors (Lipinski definition) is 4. The van der Waals surface area contributed by atoms with Crippen LogP contribution in [0, 0.1) is 0 Å². The van der Waals surface area contributed by atoms with E-state index < -0.39 is 34.3 Å². The van der Waals surface area contributed by atoms with Gasteiger partial charge in [0.15, 0.2) is 9.84 Å². The maximum absolute atomic E-state index is 11.8. The number of fused-ring (bicyclic) bond motifs is 1. The summed E-state index contributed by atoms with van der Waals surface area (Å²) < 4.78 is 29.3. The zero-order valence-corrected chi connectivity index (χ0v) is 16.5. The van der Waals surface area contributed by atoms with Gasteiger partial charge in [0.2, 0.25) is 0 Å². The Labute approximate surface area is 167 Å². The largest absolute Gasteiger partial charge is 0.394 e. The fourth-order valence-corrected chi connectivity index (χ4v) is 4.21. The maximum atomic E-state index is 11.8. The number of nitrogens with one attached hydrogen (secondary N) is 1. The molecular formula is C20H22N2O6S. The highest BCUT2D eigenvalue weighted by Gasteiger charge is 2.37. The van der Waals surface area contributed by atoms with Crippen LogP contribution in [-0.2, 0) is 14.6 Å². The molecule has 1 aliphatic heterocycles. The number of imidazole rings is 1. The number of benzene rings is 2. The molecule has 0 radical (unpaired) electrons. The van der Waals surface area contributed by atoms with Crippen LogP contribution in [0.4, 0.5) is 0 Å². The van der Waals surface area contributed by atoms with Crippen molar-refractivity contribution >= 4 is 20.9 Å². The third-order valence-electron chi connectivity index (χ3n) is 5.12. The Bertz CT molecular complexity index is 1140. The van der Waals surface area contributed by atoms with Crippen molar-refractivity contribution in [3.63, 3.8) is 0 Å². The Kier molecular flexibility index (Phi) is 5.18. The number of aliphatic hydroxyl groups is 3. The van der Waals surface area contributed by atoms with Crippen LogP contribution in [0.25, 0.3) is 22.4 Å². The van der Waals surface area contributed by atoms with E-state index in [1.54, 1.807) is 30.3 Å². The number of aromatic amines is 1. The Hall–Kier alpha value is -2.30. The van der Waals surface area contributed by atoms with Crippen molar-refractivity contribution in [1.82, 2.24) is 9.97 Å². The zero-order valence-electron chi connectivity index (χ0n) is 15.7. The fraction of sp³-hybridized carbons (Fsp3) is 0.350. The summed E-state index contributed by atoms with van der Waals surface area (Å²) in [5, 5.41) is 29.8. The molecule has 2 aromatic carbocycles. The molecule has 3 aromatic rings. The Morgan fingerprint density at radius 1 is 1.21 bits per heavy atom. The van der Waals surface area contributed by atoms with E-state index in [0.29, 0.717) is 22.4 Å². The van der Waals surface area contributed by atoms with Crippen molar-refractivity contribution in [3.8, 4) is 11.4 Å². The summed E-state index contributed by atoms with van der Waals surface area (Å²) in [7, 11) is -3.33. The third-order valence-corrected chi connectivity index (χ3v) is 6.23. The van der Waals surface area contributed by atoms with Crippen LogP contribution in [0.15, 0.2) is 47.4 Å². The highest BCUT2D eigenvalue weighted by Crippen LogP contribution is 2.34. The second-order valence-electron chi connectivity index (χ2n) is 7.32. The zero-order chi connectivity index (χ0) is 20.8. The number of aromatic nitrogens is 2. The minimum absolute atomic E-state index is 0.167. The summed E-state index contributed by atoms with van der Waals surface area (Å²) >= 11 is 0. The second-order valence-corrected chi connectivity index (χ2v) is 9.33. The van der Waals surface area contributed by atoms with Gasteiger partial charge in [-0.2, -0.15) is 0 Å². The van der Waals surface area contributed by atoms with Gasteiger partial charge < -0.3 is 25.0 Å². The summed E-state index contributed by atoms with van der Waals surface area (Å²) in [6.45, 7) is -0.244. The molecule has 29 heavy (non-hydrogen) atoms. The van der Waals surface area contributed by atoms with Crippen LogP contribution in [0.2, 0.25) is 0 Å². The predicted molar refractivity (Wildman–Crippen MR) is 106 cm³/mol. The fourth-order valence-electron chi connectivity index (χ4n) is 3.57. The molecule has 4 N–H and O–H groups in total. The number of ether oxygens (including phenoxy) is 1. The number of hydrogen-bond acceptors (Lipinski definition) is 7. The molecule has 1 aromatic heterocycles. The molecule has 4 unspecified atom stereocenters. The van der Waals surface area contributed by atoms with Gasteiger partial charge in [0.1, 0.15) is 18.0 Å². The summed E-state index contributed by atoms with van der Waals surface area (Å²) in [4.78, 5) is 7.85. The maximum Gasteiger partial charge on any atom is 0.175 e. The Morgan fingerprint density at radius 2 is 2.00 bits per heavy atom. The SMILES string of the molecule is CS(=O)(=O)c1ccc2nc(-c3cccc(C4OC(CO)CC(O)C4O)c3)[nH]c2c1. The molecule has 0 spiro atoms. The first-order valence-corrected chi connectivity index (χ1v) is 11.1. The van der Waals surface area contributed by atoms with Gasteiger partial charge in [-0.3, -0.25) is 0 Å². The third kappa shape index (κ3) is 3.92. The summed E-state index contributed by atoms with van der Waals surface area (Å²) in [5.41, 5.74) is 2.58. The quantitative estimate of drug-likeness (QED) is 0.500. The first-order chi connectivity index (χ1) is 13.8. The molecular weight excluding hydrogens is 396 g/mol. The van der Waals surface area contributed by atoms with E-state index in [-0.39, 0.29) is 17.9 Å². The first kappa shape index (κ1) is 20.0. The lowest BCUT2D eigenvalue weighted by Gasteiger charge is -2.36. The van der Waals surface area contributed by atoms with E-state index in [4.69, 9.17) is 4.74 Å². The molecule has 0 saturated carbocycles. The normalized spacial score (nSPS) is 25.4. The highest BCUT2D eigenvalue weighted by molar-refractivity contribution is 7.90. The average molecular weight is 418 g/mol. The molecule has 1 saturated heterocycles. The summed E-state index contributed by atoms with van der Waals surface area (Å²) in [5.74, 6) is 0.539. The molecule has 4 atom stereocenters. The molecule has 0 bridgehead atoms. The minimum atomic E-state index is -3.33. The van der Waals surface area contributed by atoms with E-state index in [0.717, 1.165) is 11.8 Å². The van der Waals surface area contributed by atoms with Gasteiger partial charge >= 0.3 is 0 Å². The first-order valence-electron chi connectivity index (χ1n) is 9.19. The van der Waals surface area contributed by atoms with Gasteiger partial charge in [-0.25, -0.2) is 13.4 Å². The molecule has 1 aliphatic rings. The molecule has 2 heterocycles. The van der Waals surface area contributed by atoms with Gasteiger partial charge in [0, 0.05) is 18.2 Å². The van der Waals surface area contributed by atoms with Crippen LogP contribution in [-0.4, -0.2) is 64.9 Å². The molecule has 8 nitrogen and oxygen atoms in total. The molecule has 154 valence electrons. The highest BCUT2D eigenvalue weighted by atomic mass is 32.2. The van der Waals surface area contributed by atoms with Crippen LogP contribution >= 0.6 is 0 Å². The average Bonchev–Trinajstić information content (AvgIpc) is 3.13. The van der Waals surface area contributed by atoms with Crippen LogP contribution in [0.3, 0.4) is 0 Å². The molecule has 9 heteroatoms. The lowest BCUT2D eigenvalue weighted by Crippen LogP contribution is -2.44. The smallest absolute Gasteiger partial charge is 0.175 e. The van der Waals surface area contributed by atoms with E-state index in [1.165, 1.54) is 6.07 Å². The van der Waals surface area contributed by atoms with Crippen molar-refractivity contribution in [2.24, 2.45) is 0 Å². The van der Waals surface area contributed by atoms with Crippen molar-refractivity contribution in [3.05, 3.63) is 48.0 Å². The standard InChI is InChI=1S/C20H22N2O6S/c1-29(26,27)14-5-6-15-16(9-14)22-20(21-15)12-4-2-3-11(7-12)19-18(25)17(24)8-13(10-23)28-19/h2-7,9,13,17-19,23-25H,8,10H2,1H3,(H,21,22). The van der Waals surface area contributed by atoms with E-state index in [9.17, 15) is 23.7 Å². The van der Waals surface area contributed by atoms with E-state index >= 15 is 0 Å². The number of H-pyrrole nitrogens is 1. The number of rotatable bonds is 4. The van der Waals surface area contributed by atoms with Crippen LogP contribution in [0.5, 0.6) is 0 Å². The molecule has 0 aliphatic carbocycles. The topological polar surface area (TPSA) is 133 Å². The van der Waals surface area contributed by atoms with Gasteiger partial charge in [-0.05, 0) is 29.8 Å². The Morgan fingerprint density at radius 3 is 2.72 bits per heavy atom. The van der Waals surface area contributed by atoms with Crippen molar-refractivity contribution in [2.45, 2.75) is 35.7 Å². The van der Waals surface area contributed by atoms with Crippen molar-refractivity contribution < 1.29 is 28.5 Å². The summed E-state index contributed by atoms with van der Waals surface area (Å²) in [6.07, 6.45) is -2.12. The van der Waals surface area contributed by atoms with E-state index in [1.807, 2.05) is 6.07 Å².